The molecule has 0 spiro atoms. The summed E-state index contributed by atoms with van der Waals surface area (Å²) in [5.74, 6) is 3.29. The first-order valence-corrected chi connectivity index (χ1v) is 12.9. The highest BCUT2D eigenvalue weighted by Gasteiger charge is 2.39. The van der Waals surface area contributed by atoms with Gasteiger partial charge in [-0.25, -0.2) is 19.2 Å². The molecule has 1 aliphatic heterocycles. The van der Waals surface area contributed by atoms with Gasteiger partial charge in [0.05, 0.1) is 48.9 Å². The zero-order valence-electron chi connectivity index (χ0n) is 21.8. The number of nitrogens with zero attached hydrogens (tertiary/aromatic N) is 6. The Hall–Kier alpha value is -4.83. The Labute approximate surface area is 233 Å². The third-order valence-corrected chi connectivity index (χ3v) is 7.23. The number of halogens is 1. The van der Waals surface area contributed by atoms with Crippen LogP contribution in [0.15, 0.2) is 71.6 Å². The van der Waals surface area contributed by atoms with Crippen molar-refractivity contribution >= 4 is 17.2 Å². The van der Waals surface area contributed by atoms with Crippen molar-refractivity contribution in [3.05, 3.63) is 106 Å². The molecule has 0 unspecified atom stereocenters. The predicted molar refractivity (Wildman–Crippen MR) is 146 cm³/mol. The average Bonchev–Trinajstić information content (AvgIpc) is 3.72. The molecule has 10 nitrogen and oxygen atoms in total. The third-order valence-electron chi connectivity index (χ3n) is 6.97. The van der Waals surface area contributed by atoms with Crippen LogP contribution in [0.2, 0.25) is 5.02 Å². The van der Waals surface area contributed by atoms with Crippen molar-refractivity contribution in [3.63, 3.8) is 0 Å². The van der Waals surface area contributed by atoms with Crippen LogP contribution in [0, 0.1) is 6.92 Å². The van der Waals surface area contributed by atoms with E-state index in [1.54, 1.807) is 36.0 Å². The van der Waals surface area contributed by atoms with Gasteiger partial charge >= 0.3 is 0 Å². The summed E-state index contributed by atoms with van der Waals surface area (Å²) in [7, 11) is 3.23. The van der Waals surface area contributed by atoms with E-state index in [0.29, 0.717) is 46.2 Å². The van der Waals surface area contributed by atoms with Gasteiger partial charge in [0.2, 0.25) is 11.8 Å². The van der Waals surface area contributed by atoms with Gasteiger partial charge in [0.1, 0.15) is 12.1 Å². The largest absolute Gasteiger partial charge is 0.493 e. The van der Waals surface area contributed by atoms with Crippen LogP contribution in [0.3, 0.4) is 0 Å². The maximum absolute atomic E-state index is 6.44. The minimum absolute atomic E-state index is 0.357. The molecule has 6 aromatic rings. The third kappa shape index (κ3) is 3.87. The summed E-state index contributed by atoms with van der Waals surface area (Å²) in [4.78, 5) is 9.57. The minimum Gasteiger partial charge on any atom is -0.493 e. The lowest BCUT2D eigenvalue weighted by Crippen LogP contribution is -2.15. The molecule has 5 heterocycles. The van der Waals surface area contributed by atoms with E-state index in [4.69, 9.17) is 45.4 Å². The quantitative estimate of drug-likeness (QED) is 0.256. The maximum Gasteiger partial charge on any atom is 0.230 e. The Morgan fingerprint density at radius 1 is 0.975 bits per heavy atom. The number of furan rings is 1. The fourth-order valence-electron chi connectivity index (χ4n) is 5.17. The van der Waals surface area contributed by atoms with Crippen molar-refractivity contribution in [2.24, 2.45) is 0 Å². The van der Waals surface area contributed by atoms with Gasteiger partial charge in [0.25, 0.3) is 0 Å². The molecule has 0 amide bonds. The van der Waals surface area contributed by atoms with Crippen LogP contribution >= 0.6 is 11.6 Å². The van der Waals surface area contributed by atoms with Crippen LogP contribution in [0.25, 0.3) is 11.3 Å². The molecule has 0 fully saturated rings. The van der Waals surface area contributed by atoms with Crippen molar-refractivity contribution in [2.45, 2.75) is 19.3 Å². The molecule has 1 aliphatic rings. The zero-order chi connectivity index (χ0) is 27.4. The summed E-state index contributed by atoms with van der Waals surface area (Å²) in [6.45, 7) is 1.95. The number of methoxy groups -OCH3 is 2. The second-order valence-corrected chi connectivity index (χ2v) is 9.81. The molecular weight excluding hydrogens is 532 g/mol. The predicted octanol–water partition coefficient (Wildman–Crippen LogP) is 5.76. The molecule has 1 atom stereocenters. The summed E-state index contributed by atoms with van der Waals surface area (Å²) >= 11 is 6.13. The standard InChI is InChI=1S/C29H23ClN6O4/c1-16-24-25(21-5-4-12-39-21)26-27-32-23(14-17-6-11-20(37-2)22(13-17)38-3)34-35(27)15-31-28(26)40-29(24)36(33-16)19-9-7-18(30)8-10-19/h4-13,15,25H,14H2,1-3H3/t25-/m1/s1. The second kappa shape index (κ2) is 9.42. The molecule has 0 saturated heterocycles. The number of aryl methyl sites for hydroxylation is 1. The molecule has 0 bridgehead atoms. The number of ether oxygens (including phenoxy) is 3. The number of benzene rings is 2. The molecule has 200 valence electrons. The van der Waals surface area contributed by atoms with E-state index in [9.17, 15) is 0 Å². The molecule has 2 aromatic carbocycles. The van der Waals surface area contributed by atoms with Crippen LogP contribution in [0.5, 0.6) is 23.3 Å². The molecule has 7 rings (SSSR count). The Balaban J connectivity index is 1.36. The van der Waals surface area contributed by atoms with Gasteiger partial charge in [-0.05, 0) is 61.0 Å². The Kier molecular flexibility index (Phi) is 5.71. The SMILES string of the molecule is COc1ccc(Cc2nc3c4c(ncn3n2)Oc2c(c(C)nn2-c2ccc(Cl)cc2)[C@H]4c2ccco2)cc1OC. The van der Waals surface area contributed by atoms with Crippen LogP contribution in [0.4, 0.5) is 0 Å². The monoisotopic (exact) mass is 554 g/mol. The number of fused-ring (bicyclic) bond motifs is 4. The molecule has 0 N–H and O–H groups in total. The van der Waals surface area contributed by atoms with Gasteiger partial charge in [0.15, 0.2) is 23.0 Å². The van der Waals surface area contributed by atoms with Gasteiger partial charge in [-0.3, -0.25) is 0 Å². The topological polar surface area (TPSA) is 102 Å². The van der Waals surface area contributed by atoms with Gasteiger partial charge < -0.3 is 18.6 Å². The number of rotatable bonds is 6. The summed E-state index contributed by atoms with van der Waals surface area (Å²) < 4.78 is 26.7. The Morgan fingerprint density at radius 3 is 2.55 bits per heavy atom. The van der Waals surface area contributed by atoms with Crippen LogP contribution in [-0.4, -0.2) is 43.6 Å². The van der Waals surface area contributed by atoms with Gasteiger partial charge in [0, 0.05) is 11.4 Å². The first-order chi connectivity index (χ1) is 19.5. The summed E-state index contributed by atoms with van der Waals surface area (Å²) in [6.07, 6.45) is 3.75. The van der Waals surface area contributed by atoms with E-state index in [1.807, 2.05) is 61.5 Å². The second-order valence-electron chi connectivity index (χ2n) is 9.37. The maximum atomic E-state index is 6.44. The summed E-state index contributed by atoms with van der Waals surface area (Å²) in [5, 5.41) is 10.2. The number of hydrogen-bond acceptors (Lipinski definition) is 8. The van der Waals surface area contributed by atoms with Crippen molar-refractivity contribution in [1.82, 2.24) is 29.4 Å². The molecule has 11 heteroatoms. The van der Waals surface area contributed by atoms with E-state index < -0.39 is 0 Å². The first kappa shape index (κ1) is 24.2. The highest BCUT2D eigenvalue weighted by Crippen LogP contribution is 2.49. The van der Waals surface area contributed by atoms with E-state index in [1.165, 1.54) is 0 Å². The van der Waals surface area contributed by atoms with Crippen LogP contribution in [0.1, 0.15) is 39.9 Å². The molecule has 0 aliphatic carbocycles. The highest BCUT2D eigenvalue weighted by molar-refractivity contribution is 6.30. The van der Waals surface area contributed by atoms with E-state index in [-0.39, 0.29) is 5.92 Å². The smallest absolute Gasteiger partial charge is 0.230 e. The van der Waals surface area contributed by atoms with E-state index in [2.05, 4.69) is 4.98 Å². The Morgan fingerprint density at radius 2 is 1.80 bits per heavy atom. The zero-order valence-corrected chi connectivity index (χ0v) is 22.6. The Bertz CT molecular complexity index is 1860. The highest BCUT2D eigenvalue weighted by atomic mass is 35.5. The first-order valence-electron chi connectivity index (χ1n) is 12.6. The van der Waals surface area contributed by atoms with Crippen LogP contribution in [-0.2, 0) is 6.42 Å². The van der Waals surface area contributed by atoms with E-state index >= 15 is 0 Å². The lowest BCUT2D eigenvalue weighted by atomic mass is 9.88. The lowest BCUT2D eigenvalue weighted by Gasteiger charge is -2.24. The fourth-order valence-corrected chi connectivity index (χ4v) is 5.29. The number of aromatic nitrogens is 6. The summed E-state index contributed by atoms with van der Waals surface area (Å²) in [6, 6.07) is 17.0. The van der Waals surface area contributed by atoms with Crippen LogP contribution < -0.4 is 14.2 Å². The molecule has 0 radical (unpaired) electrons. The van der Waals surface area contributed by atoms with E-state index in [0.717, 1.165) is 33.8 Å². The lowest BCUT2D eigenvalue weighted by molar-refractivity contribution is 0.354. The fraction of sp³-hybridized carbons (Fsp3) is 0.172. The summed E-state index contributed by atoms with van der Waals surface area (Å²) in [5.41, 5.74) is 4.86. The van der Waals surface area contributed by atoms with Crippen molar-refractivity contribution in [1.29, 1.82) is 0 Å². The molecule has 0 saturated carbocycles. The van der Waals surface area contributed by atoms with Gasteiger partial charge in [-0.1, -0.05) is 17.7 Å². The van der Waals surface area contributed by atoms with Crippen molar-refractivity contribution < 1.29 is 18.6 Å². The van der Waals surface area contributed by atoms with Crippen molar-refractivity contribution in [3.8, 4) is 28.9 Å². The molecular formula is C29H23ClN6O4. The average molecular weight is 555 g/mol. The number of hydrogen-bond donors (Lipinski definition) is 0. The van der Waals surface area contributed by atoms with Gasteiger partial charge in [-0.2, -0.15) is 5.10 Å². The molecule has 4 aromatic heterocycles. The van der Waals surface area contributed by atoms with Crippen molar-refractivity contribution in [2.75, 3.05) is 14.2 Å². The normalized spacial score (nSPS) is 14.1. The van der Waals surface area contributed by atoms with Gasteiger partial charge in [-0.15, -0.1) is 5.10 Å². The molecule has 40 heavy (non-hydrogen) atoms. The minimum atomic E-state index is -0.357.